The Morgan fingerprint density at radius 3 is 2.84 bits per heavy atom. The van der Waals surface area contributed by atoms with Crippen LogP contribution in [0.3, 0.4) is 0 Å². The fraction of sp³-hybridized carbons (Fsp3) is 0.429. The molecule has 0 radical (unpaired) electrons. The molecule has 0 bridgehead atoms. The Balaban J connectivity index is 1.96. The molecule has 1 aromatic carbocycles. The summed E-state index contributed by atoms with van der Waals surface area (Å²) in [6, 6.07) is 4.56. The number of hydrogen-bond acceptors (Lipinski definition) is 2. The van der Waals surface area contributed by atoms with Crippen LogP contribution >= 0.6 is 0 Å². The van der Waals surface area contributed by atoms with Gasteiger partial charge in [-0.1, -0.05) is 6.07 Å². The van der Waals surface area contributed by atoms with Crippen molar-refractivity contribution in [2.75, 3.05) is 13.1 Å². The van der Waals surface area contributed by atoms with E-state index in [1.807, 2.05) is 6.92 Å². The van der Waals surface area contributed by atoms with Gasteiger partial charge in [0.2, 0.25) is 5.91 Å². The van der Waals surface area contributed by atoms with Crippen LogP contribution in [0.1, 0.15) is 17.5 Å². The van der Waals surface area contributed by atoms with Gasteiger partial charge >= 0.3 is 5.97 Å². The molecule has 1 N–H and O–H groups in total. The van der Waals surface area contributed by atoms with Gasteiger partial charge in [-0.2, -0.15) is 0 Å². The standard InChI is InChI=1S/C14H16FNO3/c1-9-6-12(15)3-2-10(9)4-5-16-8-11(14(18)19)7-13(16)17/h2-3,6,11H,4-5,7-8H2,1H3,(H,18,19). The minimum absolute atomic E-state index is 0.0811. The summed E-state index contributed by atoms with van der Waals surface area (Å²) in [7, 11) is 0. The third-order valence-electron chi connectivity index (χ3n) is 3.52. The van der Waals surface area contributed by atoms with Crippen molar-refractivity contribution in [3.05, 3.63) is 35.1 Å². The summed E-state index contributed by atoms with van der Waals surface area (Å²) in [5, 5.41) is 8.89. The molecular weight excluding hydrogens is 249 g/mol. The van der Waals surface area contributed by atoms with Crippen LogP contribution in [0.15, 0.2) is 18.2 Å². The van der Waals surface area contributed by atoms with Crippen LogP contribution in [0.25, 0.3) is 0 Å². The lowest BCUT2D eigenvalue weighted by Crippen LogP contribution is -2.28. The first-order valence-electron chi connectivity index (χ1n) is 6.23. The molecule has 1 aliphatic heterocycles. The van der Waals surface area contributed by atoms with E-state index in [0.29, 0.717) is 13.0 Å². The number of carboxylic acids is 1. The molecule has 19 heavy (non-hydrogen) atoms. The molecule has 1 aromatic rings. The molecule has 0 aromatic heterocycles. The van der Waals surface area contributed by atoms with Crippen molar-refractivity contribution in [2.45, 2.75) is 19.8 Å². The van der Waals surface area contributed by atoms with Crippen LogP contribution in [-0.4, -0.2) is 35.0 Å². The van der Waals surface area contributed by atoms with Gasteiger partial charge in [0, 0.05) is 19.5 Å². The van der Waals surface area contributed by atoms with Crippen LogP contribution in [-0.2, 0) is 16.0 Å². The normalized spacial score (nSPS) is 18.9. The van der Waals surface area contributed by atoms with Gasteiger partial charge in [-0.05, 0) is 36.6 Å². The quantitative estimate of drug-likeness (QED) is 0.899. The number of likely N-dealkylation sites (tertiary alicyclic amines) is 1. The van der Waals surface area contributed by atoms with Crippen LogP contribution < -0.4 is 0 Å². The molecule has 4 nitrogen and oxygen atoms in total. The van der Waals surface area contributed by atoms with E-state index < -0.39 is 11.9 Å². The highest BCUT2D eigenvalue weighted by Gasteiger charge is 2.33. The fourth-order valence-corrected chi connectivity index (χ4v) is 2.35. The Morgan fingerprint density at radius 2 is 2.26 bits per heavy atom. The number of rotatable bonds is 4. The van der Waals surface area contributed by atoms with Gasteiger partial charge in [-0.3, -0.25) is 9.59 Å². The molecule has 1 heterocycles. The summed E-state index contributed by atoms with van der Waals surface area (Å²) in [5.41, 5.74) is 1.83. The molecule has 0 saturated carbocycles. The monoisotopic (exact) mass is 265 g/mol. The van der Waals surface area contributed by atoms with E-state index in [0.717, 1.165) is 11.1 Å². The van der Waals surface area contributed by atoms with Crippen molar-refractivity contribution in [3.63, 3.8) is 0 Å². The Morgan fingerprint density at radius 1 is 1.53 bits per heavy atom. The van der Waals surface area contributed by atoms with E-state index in [9.17, 15) is 14.0 Å². The SMILES string of the molecule is Cc1cc(F)ccc1CCN1CC(C(=O)O)CC1=O. The molecular formula is C14H16FNO3. The van der Waals surface area contributed by atoms with Crippen molar-refractivity contribution in [3.8, 4) is 0 Å². The molecule has 1 atom stereocenters. The maximum Gasteiger partial charge on any atom is 0.308 e. The van der Waals surface area contributed by atoms with Gasteiger partial charge < -0.3 is 10.0 Å². The first-order valence-corrected chi connectivity index (χ1v) is 6.23. The molecule has 2 rings (SSSR count). The predicted octanol–water partition coefficient (Wildman–Crippen LogP) is 1.61. The van der Waals surface area contributed by atoms with Gasteiger partial charge in [0.25, 0.3) is 0 Å². The number of nitrogens with zero attached hydrogens (tertiary/aromatic N) is 1. The zero-order valence-electron chi connectivity index (χ0n) is 10.7. The third-order valence-corrected chi connectivity index (χ3v) is 3.52. The maximum atomic E-state index is 13.0. The van der Waals surface area contributed by atoms with Gasteiger partial charge in [-0.15, -0.1) is 0 Å². The Hall–Kier alpha value is -1.91. The van der Waals surface area contributed by atoms with Crippen LogP contribution in [0.2, 0.25) is 0 Å². The average Bonchev–Trinajstić information content (AvgIpc) is 2.70. The Labute approximate surface area is 110 Å². The molecule has 1 aliphatic rings. The summed E-state index contributed by atoms with van der Waals surface area (Å²) in [4.78, 5) is 24.1. The van der Waals surface area contributed by atoms with Crippen molar-refractivity contribution in [1.29, 1.82) is 0 Å². The number of carbonyl (C=O) groups is 2. The summed E-state index contributed by atoms with van der Waals surface area (Å²) in [5.74, 6) is -1.91. The van der Waals surface area contributed by atoms with Gasteiger partial charge in [0.1, 0.15) is 5.82 Å². The Kier molecular flexibility index (Phi) is 3.83. The summed E-state index contributed by atoms with van der Waals surface area (Å²) < 4.78 is 13.0. The number of aliphatic carboxylic acids is 1. The Bertz CT molecular complexity index is 515. The third kappa shape index (κ3) is 3.10. The van der Waals surface area contributed by atoms with E-state index in [4.69, 9.17) is 5.11 Å². The number of carboxylic acid groups (broad SMARTS) is 1. The second-order valence-corrected chi connectivity index (χ2v) is 4.90. The summed E-state index contributed by atoms with van der Waals surface area (Å²) in [6.07, 6.45) is 0.696. The molecule has 1 saturated heterocycles. The number of halogens is 1. The lowest BCUT2D eigenvalue weighted by Gasteiger charge is -2.16. The second kappa shape index (κ2) is 5.38. The summed E-state index contributed by atoms with van der Waals surface area (Å²) >= 11 is 0. The molecule has 0 spiro atoms. The minimum Gasteiger partial charge on any atom is -0.481 e. The van der Waals surface area contributed by atoms with Gasteiger partial charge in [0.15, 0.2) is 0 Å². The second-order valence-electron chi connectivity index (χ2n) is 4.90. The van der Waals surface area contributed by atoms with E-state index in [1.54, 1.807) is 11.0 Å². The lowest BCUT2D eigenvalue weighted by atomic mass is 10.1. The topological polar surface area (TPSA) is 57.6 Å². The average molecular weight is 265 g/mol. The molecule has 1 unspecified atom stereocenters. The molecule has 1 amide bonds. The van der Waals surface area contributed by atoms with Crippen LogP contribution in [0.4, 0.5) is 4.39 Å². The zero-order valence-corrected chi connectivity index (χ0v) is 10.7. The molecule has 1 fully saturated rings. The van der Waals surface area contributed by atoms with Crippen molar-refractivity contribution >= 4 is 11.9 Å². The first-order chi connectivity index (χ1) is 8.97. The smallest absolute Gasteiger partial charge is 0.308 e. The van der Waals surface area contributed by atoms with Crippen molar-refractivity contribution in [2.24, 2.45) is 5.92 Å². The maximum absolute atomic E-state index is 13.0. The highest BCUT2D eigenvalue weighted by atomic mass is 19.1. The molecule has 0 aliphatic carbocycles. The predicted molar refractivity (Wildman–Crippen MR) is 67.2 cm³/mol. The first kappa shape index (κ1) is 13.5. The fourth-order valence-electron chi connectivity index (χ4n) is 2.35. The lowest BCUT2D eigenvalue weighted by molar-refractivity contribution is -0.141. The number of aryl methyl sites for hydroxylation is 1. The number of carbonyl (C=O) groups excluding carboxylic acids is 1. The van der Waals surface area contributed by atoms with Crippen LogP contribution in [0, 0.1) is 18.7 Å². The van der Waals surface area contributed by atoms with Crippen molar-refractivity contribution in [1.82, 2.24) is 4.90 Å². The minimum atomic E-state index is -0.922. The number of hydrogen-bond donors (Lipinski definition) is 1. The van der Waals surface area contributed by atoms with E-state index >= 15 is 0 Å². The van der Waals surface area contributed by atoms with Gasteiger partial charge in [0.05, 0.1) is 5.92 Å². The number of amides is 1. The highest BCUT2D eigenvalue weighted by molar-refractivity contribution is 5.86. The van der Waals surface area contributed by atoms with E-state index in [2.05, 4.69) is 0 Å². The molecule has 5 heteroatoms. The largest absolute Gasteiger partial charge is 0.481 e. The van der Waals surface area contributed by atoms with E-state index in [-0.39, 0.29) is 24.7 Å². The van der Waals surface area contributed by atoms with E-state index in [1.165, 1.54) is 12.1 Å². The molecule has 102 valence electrons. The van der Waals surface area contributed by atoms with Crippen LogP contribution in [0.5, 0.6) is 0 Å². The zero-order chi connectivity index (χ0) is 14.0. The summed E-state index contributed by atoms with van der Waals surface area (Å²) in [6.45, 7) is 2.58. The highest BCUT2D eigenvalue weighted by Crippen LogP contribution is 2.19. The number of benzene rings is 1. The van der Waals surface area contributed by atoms with Crippen molar-refractivity contribution < 1.29 is 19.1 Å². The van der Waals surface area contributed by atoms with Gasteiger partial charge in [-0.25, -0.2) is 4.39 Å².